The molecule has 0 aromatic carbocycles. The van der Waals surface area contributed by atoms with Crippen molar-refractivity contribution in [2.24, 2.45) is 0 Å². The largest absolute Gasteiger partial charge is 0.472 e. The number of hydrogen-bond acceptors (Lipinski definition) is 14. The first kappa shape index (κ1) is 81.7. The lowest BCUT2D eigenvalue weighted by Gasteiger charge is -2.21. The van der Waals surface area contributed by atoms with Crippen molar-refractivity contribution in [2.75, 3.05) is 39.6 Å². The fourth-order valence-electron chi connectivity index (χ4n) is 8.59. The molecule has 0 aliphatic heterocycles. The molecule has 0 rings (SSSR count). The molecular weight excluding hydrogens is 1120 g/mol. The molecule has 0 bridgehead atoms. The topological polar surface area (TPSA) is 231 Å². The summed E-state index contributed by atoms with van der Waals surface area (Å²) in [4.78, 5) is 58.3. The molecule has 0 aliphatic carbocycles. The fourth-order valence-corrected chi connectivity index (χ4v) is 10.2. The number of allylic oxidation sites excluding steroid dienone is 14. The van der Waals surface area contributed by atoms with E-state index in [0.29, 0.717) is 19.3 Å². The number of carbonyl (C=O) groups is 3. The van der Waals surface area contributed by atoms with Gasteiger partial charge in [-0.3, -0.25) is 32.5 Å². The molecule has 0 radical (unpaired) electrons. The molecule has 0 fully saturated rings. The van der Waals surface area contributed by atoms with Crippen LogP contribution < -0.4 is 0 Å². The van der Waals surface area contributed by atoms with Gasteiger partial charge in [0.05, 0.1) is 26.4 Å². The van der Waals surface area contributed by atoms with Crippen LogP contribution in [0.2, 0.25) is 0 Å². The number of phosphoric acid groups is 2. The molecule has 0 saturated heterocycles. The number of ether oxygens (including phenoxy) is 3. The van der Waals surface area contributed by atoms with Gasteiger partial charge in [-0.25, -0.2) is 9.13 Å². The van der Waals surface area contributed by atoms with Gasteiger partial charge in [-0.1, -0.05) is 221 Å². The van der Waals surface area contributed by atoms with Crippen molar-refractivity contribution in [2.45, 2.75) is 283 Å². The summed E-state index contributed by atoms with van der Waals surface area (Å²) in [5.41, 5.74) is 0. The van der Waals surface area contributed by atoms with Crippen LogP contribution >= 0.6 is 15.6 Å². The van der Waals surface area contributed by atoms with E-state index < -0.39 is 91.5 Å². The predicted molar refractivity (Wildman–Crippen MR) is 344 cm³/mol. The minimum Gasteiger partial charge on any atom is -0.463 e. The van der Waals surface area contributed by atoms with Crippen LogP contribution in [0.4, 0.5) is 0 Å². The summed E-state index contributed by atoms with van der Waals surface area (Å²) in [6.07, 6.45) is 63.5. The minimum atomic E-state index is -4.92. The summed E-state index contributed by atoms with van der Waals surface area (Å²) in [5.74, 6) is -1.60. The highest BCUT2D eigenvalue weighted by atomic mass is 31.2. The van der Waals surface area contributed by atoms with Gasteiger partial charge in [0, 0.05) is 19.3 Å². The highest BCUT2D eigenvalue weighted by Gasteiger charge is 2.29. The molecule has 5 unspecified atom stereocenters. The molecule has 16 nitrogen and oxygen atoms in total. The molecule has 85 heavy (non-hydrogen) atoms. The van der Waals surface area contributed by atoms with Crippen molar-refractivity contribution in [1.29, 1.82) is 0 Å². The Kier molecular flexibility index (Phi) is 58.6. The molecule has 492 valence electrons. The van der Waals surface area contributed by atoms with Gasteiger partial charge in [0.1, 0.15) is 25.4 Å². The number of phosphoric ester groups is 2. The van der Waals surface area contributed by atoms with Gasteiger partial charge in [0.15, 0.2) is 6.10 Å². The van der Waals surface area contributed by atoms with Crippen molar-refractivity contribution in [1.82, 2.24) is 0 Å². The number of carbonyl (C=O) groups excluding carboxylic acids is 3. The number of aliphatic hydroxyl groups excluding tert-OH is 2. The van der Waals surface area contributed by atoms with Gasteiger partial charge in [-0.15, -0.1) is 0 Å². The summed E-state index contributed by atoms with van der Waals surface area (Å²) in [6.45, 7) is 2.41. The Balaban J connectivity index is 4.71. The number of hydrogen-bond donors (Lipinski definition) is 4. The maximum Gasteiger partial charge on any atom is 0.472 e. The van der Waals surface area contributed by atoms with Gasteiger partial charge in [0.2, 0.25) is 0 Å². The van der Waals surface area contributed by atoms with E-state index in [4.69, 9.17) is 32.3 Å². The average Bonchev–Trinajstić information content (AvgIpc) is 3.48. The summed E-state index contributed by atoms with van der Waals surface area (Å²) >= 11 is 0. The molecular formula is C67H118O16P2. The number of unbranched alkanes of at least 4 members (excludes halogenated alkanes) is 25. The Bertz CT molecular complexity index is 1900. The second kappa shape index (κ2) is 61.0. The maximum absolute atomic E-state index is 12.9. The summed E-state index contributed by atoms with van der Waals surface area (Å²) in [5, 5.41) is 20.5. The Labute approximate surface area is 515 Å². The first-order valence-electron chi connectivity index (χ1n) is 32.9. The molecule has 0 aromatic heterocycles. The zero-order valence-corrected chi connectivity index (χ0v) is 54.8. The lowest BCUT2D eigenvalue weighted by atomic mass is 10.1. The minimum absolute atomic E-state index is 0.0926. The summed E-state index contributed by atoms with van der Waals surface area (Å²) in [7, 11) is -9.77. The van der Waals surface area contributed by atoms with Crippen molar-refractivity contribution >= 4 is 33.6 Å². The second-order valence-corrected chi connectivity index (χ2v) is 24.8. The van der Waals surface area contributed by atoms with Crippen molar-refractivity contribution in [3.05, 3.63) is 85.1 Å². The van der Waals surface area contributed by atoms with E-state index in [0.717, 1.165) is 167 Å². The lowest BCUT2D eigenvalue weighted by molar-refractivity contribution is -0.161. The monoisotopic (exact) mass is 1240 g/mol. The lowest BCUT2D eigenvalue weighted by Crippen LogP contribution is -2.30. The van der Waals surface area contributed by atoms with Crippen LogP contribution in [0.5, 0.6) is 0 Å². The predicted octanol–water partition coefficient (Wildman–Crippen LogP) is 17.8. The van der Waals surface area contributed by atoms with Crippen LogP contribution in [0, 0.1) is 0 Å². The van der Waals surface area contributed by atoms with Crippen LogP contribution in [-0.4, -0.2) is 95.9 Å². The Hall–Kier alpha value is -3.27. The normalized spacial score (nSPS) is 14.9. The third-order valence-corrected chi connectivity index (χ3v) is 15.5. The molecule has 0 aliphatic rings. The van der Waals surface area contributed by atoms with E-state index in [9.17, 15) is 43.5 Å². The zero-order chi connectivity index (χ0) is 62.4. The van der Waals surface area contributed by atoms with Gasteiger partial charge in [0.25, 0.3) is 0 Å². The molecule has 0 aromatic rings. The van der Waals surface area contributed by atoms with E-state index in [1.165, 1.54) is 38.5 Å². The molecule has 5 atom stereocenters. The van der Waals surface area contributed by atoms with Crippen LogP contribution in [0.1, 0.15) is 265 Å². The summed E-state index contributed by atoms with van der Waals surface area (Å²) < 4.78 is 60.8. The quantitative estimate of drug-likeness (QED) is 0.0146. The molecule has 0 spiro atoms. The van der Waals surface area contributed by atoms with Crippen LogP contribution in [-0.2, 0) is 55.8 Å². The van der Waals surface area contributed by atoms with E-state index in [1.807, 2.05) is 0 Å². The van der Waals surface area contributed by atoms with Crippen LogP contribution in [0.25, 0.3) is 0 Å². The third-order valence-electron chi connectivity index (χ3n) is 13.6. The number of esters is 3. The second-order valence-electron chi connectivity index (χ2n) is 21.9. The first-order chi connectivity index (χ1) is 41.2. The average molecular weight is 1240 g/mol. The fraction of sp³-hybridized carbons (Fsp3) is 0.746. The molecule has 0 saturated carbocycles. The number of rotatable bonds is 62. The molecule has 4 N–H and O–H groups in total. The van der Waals surface area contributed by atoms with Crippen molar-refractivity contribution < 1.29 is 75.8 Å². The van der Waals surface area contributed by atoms with Crippen LogP contribution in [0.3, 0.4) is 0 Å². The Morgan fingerprint density at radius 2 is 0.624 bits per heavy atom. The number of aliphatic hydroxyl groups is 2. The zero-order valence-electron chi connectivity index (χ0n) is 53.0. The smallest absolute Gasteiger partial charge is 0.463 e. The third kappa shape index (κ3) is 62.1. The standard InChI is InChI=1S/C67H118O16P2/c1-4-7-10-13-16-19-22-25-28-30-33-35-38-41-44-47-50-53-65(70)77-56-62(68)57-79-84(73,74)80-58-63(69)59-81-85(75,76)82-61-64(83-67(72)55-52-49-46-43-40-37-32-27-24-21-18-15-12-9-6-3)60-78-66(71)54-51-48-45-42-39-36-34-31-29-26-23-20-17-14-11-8-5-2/h7-8,10-11,16-17,19-20,25-29,32,62-64,68-69H,4-6,9,12-15,18,21-24,30-31,33-61H2,1-3H3,(H,73,74)(H,75,76)/b10-7-,11-8-,19-16-,20-17-,28-25-,29-26-,32-27-. The van der Waals surface area contributed by atoms with Crippen molar-refractivity contribution in [3.63, 3.8) is 0 Å². The summed E-state index contributed by atoms with van der Waals surface area (Å²) in [6, 6.07) is 0. The SMILES string of the molecule is CC/C=C\C/C=C\C/C=C\CCCCCCCCCC(=O)OCC(O)COP(=O)(O)OCC(O)COP(=O)(O)OCC(COC(=O)CCCCCCCCC/C=C\C/C=C\C/C=C\CC)OC(=O)CCCCCCC/C=C\CCCCCCCC. The van der Waals surface area contributed by atoms with Gasteiger partial charge >= 0.3 is 33.6 Å². The van der Waals surface area contributed by atoms with Crippen molar-refractivity contribution in [3.8, 4) is 0 Å². The van der Waals surface area contributed by atoms with Gasteiger partial charge in [-0.05, 0) is 109 Å². The maximum atomic E-state index is 12.9. The Morgan fingerprint density at radius 3 is 1.00 bits per heavy atom. The van der Waals surface area contributed by atoms with Crippen LogP contribution in [0.15, 0.2) is 85.1 Å². The van der Waals surface area contributed by atoms with Gasteiger partial charge in [-0.2, -0.15) is 0 Å². The Morgan fingerprint density at radius 1 is 0.341 bits per heavy atom. The van der Waals surface area contributed by atoms with E-state index in [2.05, 4.69) is 106 Å². The molecule has 0 amide bonds. The van der Waals surface area contributed by atoms with E-state index in [-0.39, 0.29) is 19.3 Å². The van der Waals surface area contributed by atoms with E-state index in [1.54, 1.807) is 0 Å². The van der Waals surface area contributed by atoms with E-state index >= 15 is 0 Å². The first-order valence-corrected chi connectivity index (χ1v) is 35.9. The van der Waals surface area contributed by atoms with Gasteiger partial charge < -0.3 is 34.2 Å². The molecule has 0 heterocycles. The highest BCUT2D eigenvalue weighted by molar-refractivity contribution is 7.47. The highest BCUT2D eigenvalue weighted by Crippen LogP contribution is 2.45. The molecule has 18 heteroatoms.